The van der Waals surface area contributed by atoms with Gasteiger partial charge in [-0.3, -0.25) is 0 Å². The maximum atomic E-state index is 3.32. The topological polar surface area (TPSA) is 0 Å². The van der Waals surface area contributed by atoms with Crippen molar-refractivity contribution in [3.63, 3.8) is 0 Å². The highest BCUT2D eigenvalue weighted by Gasteiger charge is 1.79. The average molecular weight is 243 g/mol. The van der Waals surface area contributed by atoms with Gasteiger partial charge in [-0.15, -0.1) is 0 Å². The van der Waals surface area contributed by atoms with Gasteiger partial charge in [-0.25, -0.2) is 0 Å². The predicted molar refractivity (Wildman–Crippen MR) is 65.4 cm³/mol. The highest BCUT2D eigenvalue weighted by Crippen LogP contribution is 1.99. The van der Waals surface area contributed by atoms with Crippen molar-refractivity contribution in [2.45, 2.75) is 32.6 Å². The van der Waals surface area contributed by atoms with Crippen molar-refractivity contribution in [2.75, 3.05) is 5.33 Å². The molecule has 0 nitrogen and oxygen atoms in total. The summed E-state index contributed by atoms with van der Waals surface area (Å²) in [5, 5.41) is 0.928. The second-order valence-corrected chi connectivity index (χ2v) is 3.54. The fourth-order valence-electron chi connectivity index (χ4n) is 0.945. The van der Waals surface area contributed by atoms with Crippen LogP contribution in [-0.4, -0.2) is 5.33 Å². The number of hydrogen-bond acceptors (Lipinski definition) is 0. The number of unbranched alkanes of at least 4 members (excludes halogenated alkanes) is 3. The van der Waals surface area contributed by atoms with Crippen molar-refractivity contribution in [3.05, 3.63) is 36.5 Å². The number of allylic oxidation sites excluding steroid dienone is 6. The van der Waals surface area contributed by atoms with Gasteiger partial charge in [-0.05, 0) is 12.8 Å². The minimum absolute atomic E-state index is 0.928. The van der Waals surface area contributed by atoms with Crippen LogP contribution in [0.25, 0.3) is 0 Å². The zero-order valence-electron chi connectivity index (χ0n) is 8.38. The van der Waals surface area contributed by atoms with Crippen LogP contribution in [0.4, 0.5) is 0 Å². The van der Waals surface area contributed by atoms with Gasteiger partial charge in [0, 0.05) is 5.33 Å². The molecule has 74 valence electrons. The highest BCUT2D eigenvalue weighted by atomic mass is 79.9. The molecule has 0 N–H and O–H groups in total. The van der Waals surface area contributed by atoms with E-state index >= 15 is 0 Å². The minimum Gasteiger partial charge on any atom is -0.0883 e. The standard InChI is InChI=1S/C12H19Br/c1-2-3-4-5-6-7-8-9-10-11-12-13/h6-11H,2-5,12H2,1H3. The summed E-state index contributed by atoms with van der Waals surface area (Å²) in [6, 6.07) is 0. The van der Waals surface area contributed by atoms with Crippen molar-refractivity contribution in [1.82, 2.24) is 0 Å². The summed E-state index contributed by atoms with van der Waals surface area (Å²) >= 11 is 3.32. The number of rotatable bonds is 7. The molecule has 0 unspecified atom stereocenters. The summed E-state index contributed by atoms with van der Waals surface area (Å²) in [6.45, 7) is 2.23. The summed E-state index contributed by atoms with van der Waals surface area (Å²) < 4.78 is 0. The molecule has 0 aliphatic carbocycles. The molecule has 0 fully saturated rings. The molecule has 0 aromatic rings. The monoisotopic (exact) mass is 242 g/mol. The van der Waals surface area contributed by atoms with E-state index in [0.29, 0.717) is 0 Å². The van der Waals surface area contributed by atoms with E-state index in [-0.39, 0.29) is 0 Å². The molecule has 0 aromatic carbocycles. The number of halogens is 1. The van der Waals surface area contributed by atoms with Gasteiger partial charge in [0.25, 0.3) is 0 Å². The molecule has 0 radical (unpaired) electrons. The smallest absolute Gasteiger partial charge is 0.0215 e. The Bertz CT molecular complexity index is 166. The molecule has 0 rings (SSSR count). The first kappa shape index (κ1) is 12.7. The normalized spacial score (nSPS) is 12.5. The fourth-order valence-corrected chi connectivity index (χ4v) is 1.16. The van der Waals surface area contributed by atoms with Crippen LogP contribution >= 0.6 is 15.9 Å². The third-order valence-electron chi connectivity index (χ3n) is 1.67. The van der Waals surface area contributed by atoms with E-state index in [4.69, 9.17) is 0 Å². The molecule has 0 amide bonds. The maximum absolute atomic E-state index is 3.32. The first-order chi connectivity index (χ1) is 6.41. The SMILES string of the molecule is CCCCCC=CC=CC=CCBr. The zero-order chi connectivity index (χ0) is 9.78. The van der Waals surface area contributed by atoms with Crippen LogP contribution in [0.3, 0.4) is 0 Å². The van der Waals surface area contributed by atoms with Crippen LogP contribution < -0.4 is 0 Å². The summed E-state index contributed by atoms with van der Waals surface area (Å²) in [7, 11) is 0. The molecule has 0 aliphatic heterocycles. The van der Waals surface area contributed by atoms with Crippen molar-refractivity contribution in [2.24, 2.45) is 0 Å². The molecule has 1 heteroatoms. The van der Waals surface area contributed by atoms with Gasteiger partial charge >= 0.3 is 0 Å². The fraction of sp³-hybridized carbons (Fsp3) is 0.500. The van der Waals surface area contributed by atoms with Gasteiger partial charge < -0.3 is 0 Å². The van der Waals surface area contributed by atoms with Crippen LogP contribution in [0.1, 0.15) is 32.6 Å². The van der Waals surface area contributed by atoms with Gasteiger partial charge in [-0.2, -0.15) is 0 Å². The summed E-state index contributed by atoms with van der Waals surface area (Å²) in [5.41, 5.74) is 0. The Morgan fingerprint density at radius 1 is 0.923 bits per heavy atom. The molecular formula is C12H19Br. The highest BCUT2D eigenvalue weighted by molar-refractivity contribution is 9.09. The van der Waals surface area contributed by atoms with Gasteiger partial charge in [0.05, 0.1) is 0 Å². The van der Waals surface area contributed by atoms with E-state index in [9.17, 15) is 0 Å². The third kappa shape index (κ3) is 11.7. The average Bonchev–Trinajstić information content (AvgIpc) is 2.16. The minimum atomic E-state index is 0.928. The van der Waals surface area contributed by atoms with Crippen LogP contribution in [0.2, 0.25) is 0 Å². The van der Waals surface area contributed by atoms with Crippen molar-refractivity contribution < 1.29 is 0 Å². The first-order valence-electron chi connectivity index (χ1n) is 4.96. The summed E-state index contributed by atoms with van der Waals surface area (Å²) in [4.78, 5) is 0. The molecule has 0 aromatic heterocycles. The van der Waals surface area contributed by atoms with Gasteiger partial charge in [-0.1, -0.05) is 72.2 Å². The summed E-state index contributed by atoms with van der Waals surface area (Å²) in [5.74, 6) is 0. The molecule has 0 spiro atoms. The lowest BCUT2D eigenvalue weighted by atomic mass is 10.2. The van der Waals surface area contributed by atoms with Crippen LogP contribution in [-0.2, 0) is 0 Å². The lowest BCUT2D eigenvalue weighted by Crippen LogP contribution is -1.69. The van der Waals surface area contributed by atoms with E-state index < -0.39 is 0 Å². The molecular weight excluding hydrogens is 224 g/mol. The van der Waals surface area contributed by atoms with E-state index in [2.05, 4.69) is 53.2 Å². The predicted octanol–water partition coefficient (Wildman–Crippen LogP) is 4.63. The lowest BCUT2D eigenvalue weighted by molar-refractivity contribution is 0.729. The van der Waals surface area contributed by atoms with Crippen LogP contribution in [0.15, 0.2) is 36.5 Å². The quantitative estimate of drug-likeness (QED) is 0.347. The van der Waals surface area contributed by atoms with Gasteiger partial charge in [0.15, 0.2) is 0 Å². The molecule has 0 saturated carbocycles. The van der Waals surface area contributed by atoms with Crippen LogP contribution in [0.5, 0.6) is 0 Å². The van der Waals surface area contributed by atoms with E-state index in [1.807, 2.05) is 6.08 Å². The third-order valence-corrected chi connectivity index (χ3v) is 2.04. The van der Waals surface area contributed by atoms with Gasteiger partial charge in [0.2, 0.25) is 0 Å². The van der Waals surface area contributed by atoms with Crippen LogP contribution in [0, 0.1) is 0 Å². The number of alkyl halides is 1. The van der Waals surface area contributed by atoms with Gasteiger partial charge in [0.1, 0.15) is 0 Å². The van der Waals surface area contributed by atoms with E-state index in [1.165, 1.54) is 25.7 Å². The number of hydrogen-bond donors (Lipinski definition) is 0. The largest absolute Gasteiger partial charge is 0.0883 e. The zero-order valence-corrected chi connectivity index (χ0v) is 9.96. The Morgan fingerprint density at radius 2 is 1.62 bits per heavy atom. The maximum Gasteiger partial charge on any atom is 0.0215 e. The van der Waals surface area contributed by atoms with Crippen molar-refractivity contribution in [3.8, 4) is 0 Å². The molecule has 0 heterocycles. The second-order valence-electron chi connectivity index (χ2n) is 2.89. The molecule has 0 saturated heterocycles. The Kier molecular flexibility index (Phi) is 11.4. The second kappa shape index (κ2) is 11.7. The molecule has 0 aliphatic rings. The Balaban J connectivity index is 3.29. The molecule has 0 atom stereocenters. The molecule has 0 bridgehead atoms. The van der Waals surface area contributed by atoms with Crippen molar-refractivity contribution >= 4 is 15.9 Å². The first-order valence-corrected chi connectivity index (χ1v) is 6.08. The lowest BCUT2D eigenvalue weighted by Gasteiger charge is -1.89. The Morgan fingerprint density at radius 3 is 2.23 bits per heavy atom. The van der Waals surface area contributed by atoms with Crippen molar-refractivity contribution in [1.29, 1.82) is 0 Å². The van der Waals surface area contributed by atoms with E-state index in [1.54, 1.807) is 0 Å². The summed E-state index contributed by atoms with van der Waals surface area (Å²) in [6.07, 6.45) is 17.8. The molecule has 13 heavy (non-hydrogen) atoms. The Labute approximate surface area is 90.6 Å². The van der Waals surface area contributed by atoms with E-state index in [0.717, 1.165) is 5.33 Å². The Hall–Kier alpha value is -0.300.